The van der Waals surface area contributed by atoms with Crippen molar-refractivity contribution in [1.29, 1.82) is 0 Å². The van der Waals surface area contributed by atoms with Crippen LogP contribution < -0.4 is 5.73 Å². The molecule has 1 amide bonds. The van der Waals surface area contributed by atoms with E-state index in [1.54, 1.807) is 0 Å². The lowest BCUT2D eigenvalue weighted by atomic mass is 9.97. The summed E-state index contributed by atoms with van der Waals surface area (Å²) in [5, 5.41) is 0. The summed E-state index contributed by atoms with van der Waals surface area (Å²) in [6.45, 7) is 5.76. The van der Waals surface area contributed by atoms with Crippen LogP contribution in [0.2, 0.25) is 0 Å². The number of ether oxygens (including phenoxy) is 1. The topological polar surface area (TPSA) is 55.6 Å². The molecule has 1 heterocycles. The molecule has 1 aromatic carbocycles. The van der Waals surface area contributed by atoms with Crippen LogP contribution in [0.15, 0.2) is 30.3 Å². The minimum absolute atomic E-state index is 0.0897. The van der Waals surface area contributed by atoms with Crippen LogP contribution >= 0.6 is 0 Å². The van der Waals surface area contributed by atoms with Gasteiger partial charge in [0, 0.05) is 19.6 Å². The second-order valence-corrected chi connectivity index (χ2v) is 5.42. The van der Waals surface area contributed by atoms with Crippen molar-refractivity contribution in [3.8, 4) is 0 Å². The first-order chi connectivity index (χ1) is 9.65. The minimum atomic E-state index is -0.251. The molecule has 1 aromatic rings. The number of rotatable bonds is 4. The number of carbonyl (C=O) groups excluding carboxylic acids is 1. The number of nitrogens with zero attached hydrogens (tertiary/aromatic N) is 1. The zero-order valence-corrected chi connectivity index (χ0v) is 12.3. The third kappa shape index (κ3) is 3.38. The fourth-order valence-electron chi connectivity index (χ4n) is 2.74. The second-order valence-electron chi connectivity index (χ2n) is 5.42. The highest BCUT2D eigenvalue weighted by molar-refractivity contribution is 5.84. The zero-order chi connectivity index (χ0) is 14.5. The van der Waals surface area contributed by atoms with Gasteiger partial charge in [-0.25, -0.2) is 0 Å². The molecule has 1 saturated heterocycles. The summed E-state index contributed by atoms with van der Waals surface area (Å²) < 4.78 is 5.81. The summed E-state index contributed by atoms with van der Waals surface area (Å²) in [7, 11) is 0. The van der Waals surface area contributed by atoms with Gasteiger partial charge in [-0.05, 0) is 18.9 Å². The van der Waals surface area contributed by atoms with Crippen molar-refractivity contribution in [2.24, 2.45) is 5.73 Å². The van der Waals surface area contributed by atoms with E-state index in [2.05, 4.69) is 6.92 Å². The largest absolute Gasteiger partial charge is 0.372 e. The van der Waals surface area contributed by atoms with E-state index >= 15 is 0 Å². The molecule has 2 N–H and O–H groups in total. The average Bonchev–Trinajstić information content (AvgIpc) is 2.48. The lowest BCUT2D eigenvalue weighted by molar-refractivity contribution is -0.145. The number of carbonyl (C=O) groups is 1. The number of hydrogen-bond donors (Lipinski definition) is 1. The average molecular weight is 276 g/mol. The SMILES string of the molecule is CC[C@@H]1CN(C(=O)[C@@H](CN)c2ccccc2)C[C@H](C)O1. The van der Waals surface area contributed by atoms with E-state index in [9.17, 15) is 4.79 Å². The Morgan fingerprint density at radius 2 is 2.10 bits per heavy atom. The van der Waals surface area contributed by atoms with Crippen molar-refractivity contribution in [2.45, 2.75) is 38.4 Å². The molecular formula is C16H24N2O2. The maximum Gasteiger partial charge on any atom is 0.231 e. The minimum Gasteiger partial charge on any atom is -0.372 e. The molecule has 110 valence electrons. The van der Waals surface area contributed by atoms with Gasteiger partial charge in [-0.15, -0.1) is 0 Å². The standard InChI is InChI=1S/C16H24N2O2/c1-3-14-11-18(10-12(2)20-14)16(19)15(9-17)13-7-5-4-6-8-13/h4-8,12,14-15H,3,9-11,17H2,1-2H3/t12-,14+,15-/m0/s1. The lowest BCUT2D eigenvalue weighted by Crippen LogP contribution is -2.51. The second kappa shape index (κ2) is 6.86. The van der Waals surface area contributed by atoms with E-state index in [4.69, 9.17) is 10.5 Å². The Kier molecular flexibility index (Phi) is 5.15. The number of amides is 1. The van der Waals surface area contributed by atoms with Gasteiger partial charge in [0.1, 0.15) is 0 Å². The maximum atomic E-state index is 12.7. The van der Waals surface area contributed by atoms with Crippen LogP contribution in [0.25, 0.3) is 0 Å². The molecular weight excluding hydrogens is 252 g/mol. The molecule has 3 atom stereocenters. The van der Waals surface area contributed by atoms with Crippen molar-refractivity contribution in [1.82, 2.24) is 4.90 Å². The quantitative estimate of drug-likeness (QED) is 0.911. The summed E-state index contributed by atoms with van der Waals surface area (Å²) in [5.41, 5.74) is 6.83. The Labute approximate surface area is 120 Å². The molecule has 2 rings (SSSR count). The lowest BCUT2D eigenvalue weighted by Gasteiger charge is -2.38. The molecule has 0 unspecified atom stereocenters. The summed E-state index contributed by atoms with van der Waals surface area (Å²) in [4.78, 5) is 14.6. The highest BCUT2D eigenvalue weighted by atomic mass is 16.5. The van der Waals surface area contributed by atoms with Crippen LogP contribution in [0.3, 0.4) is 0 Å². The molecule has 1 aliphatic heterocycles. The monoisotopic (exact) mass is 276 g/mol. The Balaban J connectivity index is 2.12. The predicted molar refractivity (Wildman–Crippen MR) is 79.4 cm³/mol. The van der Waals surface area contributed by atoms with Gasteiger partial charge < -0.3 is 15.4 Å². The third-order valence-corrected chi connectivity index (χ3v) is 3.83. The predicted octanol–water partition coefficient (Wildman–Crippen LogP) is 1.75. The molecule has 0 radical (unpaired) electrons. The van der Waals surface area contributed by atoms with Crippen LogP contribution in [0, 0.1) is 0 Å². The highest BCUT2D eigenvalue weighted by Crippen LogP contribution is 2.21. The van der Waals surface area contributed by atoms with Gasteiger partial charge in [-0.1, -0.05) is 37.3 Å². The van der Waals surface area contributed by atoms with Crippen molar-refractivity contribution < 1.29 is 9.53 Å². The summed E-state index contributed by atoms with van der Waals surface area (Å²) in [5.74, 6) is -0.133. The number of morpholine rings is 1. The van der Waals surface area contributed by atoms with E-state index < -0.39 is 0 Å². The van der Waals surface area contributed by atoms with E-state index in [0.29, 0.717) is 19.6 Å². The summed E-state index contributed by atoms with van der Waals surface area (Å²) in [6.07, 6.45) is 1.15. The highest BCUT2D eigenvalue weighted by Gasteiger charge is 2.31. The van der Waals surface area contributed by atoms with Gasteiger partial charge in [-0.3, -0.25) is 4.79 Å². The molecule has 4 heteroatoms. The number of nitrogens with two attached hydrogens (primary N) is 1. The summed E-state index contributed by atoms with van der Waals surface area (Å²) >= 11 is 0. The van der Waals surface area contributed by atoms with Gasteiger partial charge in [-0.2, -0.15) is 0 Å². The molecule has 1 fully saturated rings. The third-order valence-electron chi connectivity index (χ3n) is 3.83. The molecule has 20 heavy (non-hydrogen) atoms. The fourth-order valence-corrected chi connectivity index (χ4v) is 2.74. The van der Waals surface area contributed by atoms with Crippen molar-refractivity contribution in [3.63, 3.8) is 0 Å². The molecule has 0 spiro atoms. The van der Waals surface area contributed by atoms with Crippen LogP contribution in [0.5, 0.6) is 0 Å². The van der Waals surface area contributed by atoms with Gasteiger partial charge >= 0.3 is 0 Å². The fraction of sp³-hybridized carbons (Fsp3) is 0.562. The maximum absolute atomic E-state index is 12.7. The van der Waals surface area contributed by atoms with Crippen LogP contribution in [-0.2, 0) is 9.53 Å². The van der Waals surface area contributed by atoms with Crippen LogP contribution in [0.1, 0.15) is 31.7 Å². The number of hydrogen-bond acceptors (Lipinski definition) is 3. The first kappa shape index (κ1) is 15.0. The Hall–Kier alpha value is -1.39. The van der Waals surface area contributed by atoms with Gasteiger partial charge in [0.2, 0.25) is 5.91 Å². The van der Waals surface area contributed by atoms with E-state index in [0.717, 1.165) is 12.0 Å². The zero-order valence-electron chi connectivity index (χ0n) is 12.3. The van der Waals surface area contributed by atoms with E-state index in [-0.39, 0.29) is 24.0 Å². The van der Waals surface area contributed by atoms with Gasteiger partial charge in [0.05, 0.1) is 18.1 Å². The van der Waals surface area contributed by atoms with Gasteiger partial charge in [0.15, 0.2) is 0 Å². The normalized spacial score (nSPS) is 24.4. The van der Waals surface area contributed by atoms with Gasteiger partial charge in [0.25, 0.3) is 0 Å². The van der Waals surface area contributed by atoms with E-state index in [1.807, 2.05) is 42.2 Å². The molecule has 4 nitrogen and oxygen atoms in total. The van der Waals surface area contributed by atoms with Crippen LogP contribution in [-0.4, -0.2) is 42.6 Å². The van der Waals surface area contributed by atoms with Crippen molar-refractivity contribution >= 4 is 5.91 Å². The Morgan fingerprint density at radius 3 is 2.70 bits per heavy atom. The van der Waals surface area contributed by atoms with Crippen molar-refractivity contribution in [3.05, 3.63) is 35.9 Å². The van der Waals surface area contributed by atoms with Crippen LogP contribution in [0.4, 0.5) is 0 Å². The first-order valence-corrected chi connectivity index (χ1v) is 7.35. The molecule has 0 bridgehead atoms. The first-order valence-electron chi connectivity index (χ1n) is 7.35. The number of benzene rings is 1. The summed E-state index contributed by atoms with van der Waals surface area (Å²) in [6, 6.07) is 9.78. The Morgan fingerprint density at radius 1 is 1.40 bits per heavy atom. The molecule has 0 aliphatic carbocycles. The van der Waals surface area contributed by atoms with Crippen molar-refractivity contribution in [2.75, 3.05) is 19.6 Å². The molecule has 1 aliphatic rings. The van der Waals surface area contributed by atoms with E-state index in [1.165, 1.54) is 0 Å². The smallest absolute Gasteiger partial charge is 0.231 e. The molecule has 0 saturated carbocycles. The molecule has 0 aromatic heterocycles. The Bertz CT molecular complexity index is 435.